The predicted molar refractivity (Wildman–Crippen MR) is 166 cm³/mol. The van der Waals surface area contributed by atoms with Gasteiger partial charge in [-0.2, -0.15) is 0 Å². The van der Waals surface area contributed by atoms with Crippen molar-refractivity contribution in [2.24, 2.45) is 4.99 Å². The third-order valence-corrected chi connectivity index (χ3v) is 7.96. The Balaban J connectivity index is 1.60. The number of hydrogen-bond acceptors (Lipinski definition) is 12. The van der Waals surface area contributed by atoms with Gasteiger partial charge < -0.3 is 18.9 Å². The van der Waals surface area contributed by atoms with Gasteiger partial charge in [-0.1, -0.05) is 29.5 Å². The summed E-state index contributed by atoms with van der Waals surface area (Å²) < 4.78 is 23.6. The Labute approximate surface area is 264 Å². The summed E-state index contributed by atoms with van der Waals surface area (Å²) in [6.45, 7) is 3.49. The molecule has 2 heterocycles. The first-order chi connectivity index (χ1) is 22.1. The van der Waals surface area contributed by atoms with Crippen molar-refractivity contribution >= 4 is 34.8 Å². The lowest BCUT2D eigenvalue weighted by atomic mass is 9.95. The van der Waals surface area contributed by atoms with Crippen LogP contribution in [0.5, 0.6) is 23.0 Å². The molecule has 0 aliphatic carbocycles. The second-order valence-corrected chi connectivity index (χ2v) is 10.8. The molecular weight excluding hydrogens is 620 g/mol. The minimum Gasteiger partial charge on any atom is -0.493 e. The number of esters is 1. The van der Waals surface area contributed by atoms with E-state index in [0.29, 0.717) is 37.7 Å². The van der Waals surface area contributed by atoms with Crippen molar-refractivity contribution in [2.45, 2.75) is 19.9 Å². The molecule has 1 aromatic heterocycles. The predicted octanol–water partition coefficient (Wildman–Crippen LogP) is 4.42. The Morgan fingerprint density at radius 2 is 1.74 bits per heavy atom. The number of thiazole rings is 1. The fourth-order valence-electron chi connectivity index (χ4n) is 4.92. The number of ether oxygens (including phenoxy) is 4. The van der Waals surface area contributed by atoms with Crippen LogP contribution >= 0.6 is 11.3 Å². The molecule has 46 heavy (non-hydrogen) atoms. The average Bonchev–Trinajstić information content (AvgIpc) is 3.33. The first kappa shape index (κ1) is 31.6. The molecule has 0 unspecified atom stereocenters. The van der Waals surface area contributed by atoms with Gasteiger partial charge in [-0.25, -0.2) is 9.79 Å². The Bertz CT molecular complexity index is 2100. The quantitative estimate of drug-likeness (QED) is 0.136. The summed E-state index contributed by atoms with van der Waals surface area (Å²) >= 11 is 1.12. The van der Waals surface area contributed by atoms with Gasteiger partial charge in [0.2, 0.25) is 5.75 Å². The second kappa shape index (κ2) is 13.0. The molecule has 14 nitrogen and oxygen atoms in total. The molecular formula is C31H26N4O10S. The number of rotatable bonds is 10. The van der Waals surface area contributed by atoms with Crippen molar-refractivity contribution in [3.05, 3.63) is 123 Å². The topological polar surface area (TPSA) is 175 Å². The third-order valence-electron chi connectivity index (χ3n) is 6.97. The molecule has 0 radical (unpaired) electrons. The van der Waals surface area contributed by atoms with Crippen LogP contribution in [0.25, 0.3) is 6.08 Å². The minimum atomic E-state index is -0.880. The first-order valence-corrected chi connectivity index (χ1v) is 14.5. The van der Waals surface area contributed by atoms with Crippen LogP contribution in [-0.4, -0.2) is 41.2 Å². The van der Waals surface area contributed by atoms with E-state index >= 15 is 0 Å². The number of allylic oxidation sites excluding steroid dienone is 1. The minimum absolute atomic E-state index is 0.125. The first-order valence-electron chi connectivity index (χ1n) is 13.7. The number of aromatic nitrogens is 1. The monoisotopic (exact) mass is 646 g/mol. The van der Waals surface area contributed by atoms with Crippen molar-refractivity contribution in [1.29, 1.82) is 0 Å². The van der Waals surface area contributed by atoms with E-state index in [2.05, 4.69) is 4.99 Å². The standard InChI is InChI=1S/C31H26N4O10S/c1-5-44-30(37)27-17(2)32-31-33(28(27)19-9-11-24(42-3)25(15-19)43-4)29(36)26(46-31)14-18-7-6-8-21(13-18)45-23-12-10-20(34(38)39)16-22(23)35(40)41/h6-16,28H,5H2,1-4H3/b26-14-/t28-/m0/s1. The molecule has 15 heteroatoms. The fourth-order valence-corrected chi connectivity index (χ4v) is 5.97. The van der Waals surface area contributed by atoms with E-state index in [0.717, 1.165) is 29.5 Å². The molecule has 5 rings (SSSR count). The smallest absolute Gasteiger partial charge is 0.338 e. The molecule has 0 amide bonds. The van der Waals surface area contributed by atoms with Crippen LogP contribution in [0.3, 0.4) is 0 Å². The Kier molecular flexibility index (Phi) is 8.95. The second-order valence-electron chi connectivity index (χ2n) is 9.76. The van der Waals surface area contributed by atoms with Gasteiger partial charge in [0.05, 0.1) is 58.6 Å². The highest BCUT2D eigenvalue weighted by Crippen LogP contribution is 2.37. The van der Waals surface area contributed by atoms with Crippen LogP contribution in [0, 0.1) is 20.2 Å². The van der Waals surface area contributed by atoms with Crippen LogP contribution < -0.4 is 29.1 Å². The summed E-state index contributed by atoms with van der Waals surface area (Å²) in [5.74, 6) is 0.275. The van der Waals surface area contributed by atoms with E-state index in [9.17, 15) is 29.8 Å². The number of non-ortho nitro benzene ring substituents is 1. The van der Waals surface area contributed by atoms with E-state index in [4.69, 9.17) is 18.9 Å². The van der Waals surface area contributed by atoms with Crippen LogP contribution in [0.2, 0.25) is 0 Å². The normalized spacial score (nSPS) is 14.3. The van der Waals surface area contributed by atoms with Gasteiger partial charge in [0.1, 0.15) is 5.75 Å². The molecule has 0 saturated carbocycles. The summed E-state index contributed by atoms with van der Waals surface area (Å²) in [5.41, 5.74) is 0.250. The summed E-state index contributed by atoms with van der Waals surface area (Å²) in [6.07, 6.45) is 1.61. The van der Waals surface area contributed by atoms with E-state index < -0.39 is 38.8 Å². The van der Waals surface area contributed by atoms with Gasteiger partial charge in [-0.05, 0) is 61.4 Å². The Morgan fingerprint density at radius 1 is 1.00 bits per heavy atom. The van der Waals surface area contributed by atoms with E-state index in [-0.39, 0.29) is 23.7 Å². The van der Waals surface area contributed by atoms with Gasteiger partial charge in [0.25, 0.3) is 11.2 Å². The van der Waals surface area contributed by atoms with Crippen LogP contribution in [-0.2, 0) is 9.53 Å². The number of nitro groups is 2. The maximum Gasteiger partial charge on any atom is 0.338 e. The molecule has 1 aliphatic heterocycles. The maximum absolute atomic E-state index is 14.0. The number of hydrogen-bond donors (Lipinski definition) is 0. The number of carbonyl (C=O) groups is 1. The third kappa shape index (κ3) is 6.08. The SMILES string of the molecule is CCOC(=O)C1=C(C)N=c2s/c(=C\c3cccc(Oc4ccc([N+](=O)[O-])cc4[N+](=O)[O-])c3)c(=O)n2[C@H]1c1ccc(OC)c(OC)c1. The molecule has 1 aliphatic rings. The highest BCUT2D eigenvalue weighted by Gasteiger charge is 2.34. The molecule has 0 bridgehead atoms. The lowest BCUT2D eigenvalue weighted by Crippen LogP contribution is -2.39. The summed E-state index contributed by atoms with van der Waals surface area (Å²) in [4.78, 5) is 53.2. The Hall–Kier alpha value is -5.83. The van der Waals surface area contributed by atoms with Crippen molar-refractivity contribution in [1.82, 2.24) is 4.57 Å². The molecule has 0 N–H and O–H groups in total. The van der Waals surface area contributed by atoms with Gasteiger partial charge in [0, 0.05) is 6.07 Å². The number of methoxy groups -OCH3 is 2. The highest BCUT2D eigenvalue weighted by atomic mass is 32.1. The van der Waals surface area contributed by atoms with Crippen molar-refractivity contribution < 1.29 is 33.6 Å². The lowest BCUT2D eigenvalue weighted by molar-refractivity contribution is -0.394. The Morgan fingerprint density at radius 3 is 2.41 bits per heavy atom. The highest BCUT2D eigenvalue weighted by molar-refractivity contribution is 7.07. The summed E-state index contributed by atoms with van der Waals surface area (Å²) in [6, 6.07) is 13.8. The molecule has 4 aromatic rings. The van der Waals surface area contributed by atoms with Gasteiger partial charge >= 0.3 is 11.7 Å². The van der Waals surface area contributed by atoms with E-state index in [1.165, 1.54) is 18.8 Å². The average molecular weight is 647 g/mol. The van der Waals surface area contributed by atoms with E-state index in [1.54, 1.807) is 62.4 Å². The molecule has 1 atom stereocenters. The summed E-state index contributed by atoms with van der Waals surface area (Å²) in [5, 5.41) is 22.6. The van der Waals surface area contributed by atoms with Crippen LogP contribution in [0.4, 0.5) is 11.4 Å². The van der Waals surface area contributed by atoms with Gasteiger partial charge in [0.15, 0.2) is 16.3 Å². The number of fused-ring (bicyclic) bond motifs is 1. The molecule has 236 valence electrons. The van der Waals surface area contributed by atoms with Crippen molar-refractivity contribution in [3.8, 4) is 23.0 Å². The van der Waals surface area contributed by atoms with E-state index in [1.807, 2.05) is 0 Å². The van der Waals surface area contributed by atoms with Crippen molar-refractivity contribution in [3.63, 3.8) is 0 Å². The lowest BCUT2D eigenvalue weighted by Gasteiger charge is -2.25. The number of nitrogens with zero attached hydrogens (tertiary/aromatic N) is 4. The van der Waals surface area contributed by atoms with Crippen LogP contribution in [0.1, 0.15) is 31.0 Å². The number of benzene rings is 3. The number of nitro benzene ring substituents is 2. The molecule has 0 spiro atoms. The summed E-state index contributed by atoms with van der Waals surface area (Å²) in [7, 11) is 2.99. The van der Waals surface area contributed by atoms with Gasteiger partial charge in [-0.3, -0.25) is 29.6 Å². The zero-order valence-corrected chi connectivity index (χ0v) is 25.7. The molecule has 0 saturated heterocycles. The number of carbonyl (C=O) groups excluding carboxylic acids is 1. The largest absolute Gasteiger partial charge is 0.493 e. The molecule has 3 aromatic carbocycles. The zero-order chi connectivity index (χ0) is 33.1. The van der Waals surface area contributed by atoms with Gasteiger partial charge in [-0.15, -0.1) is 0 Å². The maximum atomic E-state index is 14.0. The zero-order valence-electron chi connectivity index (χ0n) is 24.9. The van der Waals surface area contributed by atoms with Crippen molar-refractivity contribution in [2.75, 3.05) is 20.8 Å². The van der Waals surface area contributed by atoms with Crippen LogP contribution in [0.15, 0.2) is 81.7 Å². The molecule has 0 fully saturated rings. The fraction of sp³-hybridized carbons (Fsp3) is 0.194.